The highest BCUT2D eigenvalue weighted by Gasteiger charge is 2.25. The molecule has 1 saturated carbocycles. The lowest BCUT2D eigenvalue weighted by Gasteiger charge is -2.13. The molecule has 1 amide bonds. The number of fused-ring (bicyclic) bond motifs is 1. The van der Waals surface area contributed by atoms with E-state index in [2.05, 4.69) is 10.3 Å². The van der Waals surface area contributed by atoms with E-state index in [4.69, 9.17) is 4.74 Å². The molecule has 6 nitrogen and oxygen atoms in total. The van der Waals surface area contributed by atoms with E-state index in [0.29, 0.717) is 27.7 Å². The second kappa shape index (κ2) is 9.49. The maximum Gasteiger partial charge on any atom is 0.252 e. The Hall–Kier alpha value is -2.90. The highest BCUT2D eigenvalue weighted by atomic mass is 32.2. The van der Waals surface area contributed by atoms with E-state index in [-0.39, 0.29) is 24.3 Å². The minimum Gasteiger partial charge on any atom is -0.491 e. The Balaban J connectivity index is 1.38. The zero-order valence-electron chi connectivity index (χ0n) is 17.2. The Morgan fingerprint density at radius 3 is 2.65 bits per heavy atom. The van der Waals surface area contributed by atoms with Crippen molar-refractivity contribution in [2.24, 2.45) is 0 Å². The lowest BCUT2D eigenvalue weighted by molar-refractivity contribution is 0.0951. The van der Waals surface area contributed by atoms with Crippen LogP contribution in [-0.2, 0) is 0 Å². The largest absolute Gasteiger partial charge is 0.491 e. The van der Waals surface area contributed by atoms with Crippen LogP contribution in [0.2, 0.25) is 0 Å². The Labute approximate surface area is 185 Å². The number of nitrogens with one attached hydrogen (secondary N) is 1. The van der Waals surface area contributed by atoms with Crippen molar-refractivity contribution < 1.29 is 19.4 Å². The third-order valence-corrected chi connectivity index (χ3v) is 6.03. The van der Waals surface area contributed by atoms with Crippen molar-refractivity contribution in [3.05, 3.63) is 65.7 Å². The number of amides is 1. The number of aromatic nitrogens is 1. The first kappa shape index (κ1) is 21.3. The number of hydrogen-bond acceptors (Lipinski definition) is 6. The number of ketones is 1. The molecule has 1 aliphatic rings. The quantitative estimate of drug-likeness (QED) is 0.391. The summed E-state index contributed by atoms with van der Waals surface area (Å²) in [7, 11) is 0. The number of pyridine rings is 1. The number of carbonyl (C=O) groups is 2. The summed E-state index contributed by atoms with van der Waals surface area (Å²) in [4.78, 5) is 28.6. The molecule has 1 unspecified atom stereocenters. The average molecular weight is 437 g/mol. The SMILES string of the molecule is CC(=O)c1ccc(OCC(O)CSc2cc(C(=O)NC3CC3)c3ccccc3n2)cc1. The summed E-state index contributed by atoms with van der Waals surface area (Å²) in [5.74, 6) is 0.884. The molecule has 31 heavy (non-hydrogen) atoms. The molecular formula is C24H24N2O4S. The molecule has 0 spiro atoms. The van der Waals surface area contributed by atoms with E-state index in [1.54, 1.807) is 30.3 Å². The highest BCUT2D eigenvalue weighted by Crippen LogP contribution is 2.26. The highest BCUT2D eigenvalue weighted by molar-refractivity contribution is 7.99. The van der Waals surface area contributed by atoms with Gasteiger partial charge in [0.15, 0.2) is 5.78 Å². The normalized spacial score (nSPS) is 14.3. The number of ether oxygens (including phenoxy) is 1. The van der Waals surface area contributed by atoms with Crippen molar-refractivity contribution in [3.8, 4) is 5.75 Å². The molecule has 1 atom stereocenters. The molecule has 2 N–H and O–H groups in total. The van der Waals surface area contributed by atoms with Crippen LogP contribution in [0.3, 0.4) is 0 Å². The second-order valence-electron chi connectivity index (χ2n) is 7.63. The fourth-order valence-electron chi connectivity index (χ4n) is 3.11. The number of hydrogen-bond donors (Lipinski definition) is 2. The van der Waals surface area contributed by atoms with Crippen molar-refractivity contribution in [3.63, 3.8) is 0 Å². The lowest BCUT2D eigenvalue weighted by atomic mass is 10.1. The first-order valence-electron chi connectivity index (χ1n) is 10.2. The molecule has 3 aromatic rings. The molecule has 160 valence electrons. The number of aliphatic hydroxyl groups excluding tert-OH is 1. The predicted octanol–water partition coefficient (Wildman–Crippen LogP) is 3.86. The van der Waals surface area contributed by atoms with E-state index in [9.17, 15) is 14.7 Å². The summed E-state index contributed by atoms with van der Waals surface area (Å²) in [5, 5.41) is 14.9. The number of aliphatic hydroxyl groups is 1. The molecule has 1 aromatic heterocycles. The van der Waals surface area contributed by atoms with Gasteiger partial charge in [0.2, 0.25) is 0 Å². The van der Waals surface area contributed by atoms with E-state index in [1.807, 2.05) is 24.3 Å². The summed E-state index contributed by atoms with van der Waals surface area (Å²) >= 11 is 1.39. The summed E-state index contributed by atoms with van der Waals surface area (Å²) in [5.41, 5.74) is 1.98. The number of benzene rings is 2. The standard InChI is InChI=1S/C24H24N2O4S/c1-15(27)16-6-10-19(11-7-16)30-13-18(28)14-31-23-12-21(24(29)25-17-8-9-17)20-4-2-3-5-22(20)26-23/h2-7,10-12,17-18,28H,8-9,13-14H2,1H3,(H,25,29). The van der Waals surface area contributed by atoms with Crippen molar-refractivity contribution >= 4 is 34.4 Å². The van der Waals surface area contributed by atoms with Crippen LogP contribution >= 0.6 is 11.8 Å². The van der Waals surface area contributed by atoms with Crippen LogP contribution in [0.4, 0.5) is 0 Å². The van der Waals surface area contributed by atoms with Crippen LogP contribution in [0.25, 0.3) is 10.9 Å². The van der Waals surface area contributed by atoms with Crippen LogP contribution in [0, 0.1) is 0 Å². The number of thioether (sulfide) groups is 1. The van der Waals surface area contributed by atoms with Gasteiger partial charge in [-0.05, 0) is 56.2 Å². The van der Waals surface area contributed by atoms with Crippen molar-refractivity contribution in [2.75, 3.05) is 12.4 Å². The van der Waals surface area contributed by atoms with E-state index in [1.165, 1.54) is 18.7 Å². The summed E-state index contributed by atoms with van der Waals surface area (Å²) < 4.78 is 5.61. The van der Waals surface area contributed by atoms with Gasteiger partial charge in [0, 0.05) is 22.7 Å². The van der Waals surface area contributed by atoms with Crippen LogP contribution in [0.15, 0.2) is 59.6 Å². The molecule has 0 radical (unpaired) electrons. The zero-order valence-corrected chi connectivity index (χ0v) is 18.0. The van der Waals surface area contributed by atoms with Gasteiger partial charge in [0.1, 0.15) is 12.4 Å². The van der Waals surface area contributed by atoms with E-state index < -0.39 is 6.10 Å². The number of para-hydroxylation sites is 1. The monoisotopic (exact) mass is 436 g/mol. The maximum atomic E-state index is 12.7. The molecule has 0 bridgehead atoms. The smallest absolute Gasteiger partial charge is 0.252 e. The van der Waals surface area contributed by atoms with Gasteiger partial charge < -0.3 is 15.2 Å². The van der Waals surface area contributed by atoms with E-state index >= 15 is 0 Å². The van der Waals surface area contributed by atoms with Crippen molar-refractivity contribution in [1.29, 1.82) is 0 Å². The van der Waals surface area contributed by atoms with Crippen molar-refractivity contribution in [2.45, 2.75) is 36.9 Å². The molecule has 1 heterocycles. The molecule has 7 heteroatoms. The van der Waals surface area contributed by atoms with E-state index in [0.717, 1.165) is 23.7 Å². The fourth-order valence-corrected chi connectivity index (χ4v) is 3.94. The summed E-state index contributed by atoms with van der Waals surface area (Å²) in [6, 6.07) is 16.5. The fraction of sp³-hybridized carbons (Fsp3) is 0.292. The first-order valence-corrected chi connectivity index (χ1v) is 11.2. The number of Topliss-reactive ketones (excluding diaryl/α,β-unsaturated/α-hetero) is 1. The Bertz CT molecular complexity index is 1100. The van der Waals surface area contributed by atoms with Crippen LogP contribution in [-0.4, -0.2) is 46.3 Å². The molecule has 4 rings (SSSR count). The van der Waals surface area contributed by atoms with Gasteiger partial charge in [-0.2, -0.15) is 0 Å². The molecule has 0 saturated heterocycles. The second-order valence-corrected chi connectivity index (χ2v) is 8.67. The van der Waals surface area contributed by atoms with Crippen LogP contribution in [0.5, 0.6) is 5.75 Å². The minimum absolute atomic E-state index is 0.00366. The zero-order chi connectivity index (χ0) is 21.8. The molecule has 1 fully saturated rings. The first-order chi connectivity index (χ1) is 15.0. The maximum absolute atomic E-state index is 12.7. The third-order valence-electron chi connectivity index (χ3n) is 4.98. The molecule has 2 aromatic carbocycles. The molecule has 1 aliphatic carbocycles. The Morgan fingerprint density at radius 1 is 1.19 bits per heavy atom. The van der Waals surface area contributed by atoms with Crippen molar-refractivity contribution in [1.82, 2.24) is 10.3 Å². The van der Waals surface area contributed by atoms with Gasteiger partial charge in [-0.15, -0.1) is 11.8 Å². The average Bonchev–Trinajstić information content (AvgIpc) is 3.59. The van der Waals surface area contributed by atoms with Gasteiger partial charge in [-0.25, -0.2) is 4.98 Å². The van der Waals surface area contributed by atoms with Gasteiger partial charge >= 0.3 is 0 Å². The molecular weight excluding hydrogens is 412 g/mol. The Kier molecular flexibility index (Phi) is 6.53. The van der Waals surface area contributed by atoms with Crippen LogP contribution < -0.4 is 10.1 Å². The van der Waals surface area contributed by atoms with Gasteiger partial charge in [0.05, 0.1) is 22.2 Å². The Morgan fingerprint density at radius 2 is 1.94 bits per heavy atom. The summed E-state index contributed by atoms with van der Waals surface area (Å²) in [6.07, 6.45) is 1.34. The van der Waals surface area contributed by atoms with Crippen LogP contribution in [0.1, 0.15) is 40.5 Å². The number of nitrogens with zero attached hydrogens (tertiary/aromatic N) is 1. The predicted molar refractivity (Wildman–Crippen MR) is 121 cm³/mol. The third kappa shape index (κ3) is 5.62. The number of carbonyl (C=O) groups excluding carboxylic acids is 2. The summed E-state index contributed by atoms with van der Waals surface area (Å²) in [6.45, 7) is 1.63. The lowest BCUT2D eigenvalue weighted by Crippen LogP contribution is -2.25. The minimum atomic E-state index is -0.713. The van der Waals surface area contributed by atoms with Gasteiger partial charge in [0.25, 0.3) is 5.91 Å². The molecule has 0 aliphatic heterocycles. The number of rotatable bonds is 9. The van der Waals surface area contributed by atoms with Gasteiger partial charge in [-0.1, -0.05) is 18.2 Å². The topological polar surface area (TPSA) is 88.5 Å². The van der Waals surface area contributed by atoms with Gasteiger partial charge in [-0.3, -0.25) is 9.59 Å².